The van der Waals surface area contributed by atoms with Crippen LogP contribution < -0.4 is 11.1 Å². The van der Waals surface area contributed by atoms with Gasteiger partial charge in [-0.2, -0.15) is 0 Å². The van der Waals surface area contributed by atoms with E-state index < -0.39 is 5.92 Å². The van der Waals surface area contributed by atoms with E-state index in [2.05, 4.69) is 10.5 Å². The van der Waals surface area contributed by atoms with Crippen molar-refractivity contribution in [2.45, 2.75) is 20.5 Å². The molecule has 1 unspecified atom stereocenters. The van der Waals surface area contributed by atoms with Crippen LogP contribution in [0.15, 0.2) is 29.4 Å². The highest BCUT2D eigenvalue weighted by Gasteiger charge is 2.27. The Morgan fingerprint density at radius 2 is 2.10 bits per heavy atom. The van der Waals surface area contributed by atoms with E-state index in [9.17, 15) is 4.79 Å². The number of para-hydroxylation sites is 1. The molecule has 1 atom stereocenters. The summed E-state index contributed by atoms with van der Waals surface area (Å²) in [7, 11) is 1.59. The number of ether oxygens (including phenoxy) is 1. The Hall–Kier alpha value is -2.08. The summed E-state index contributed by atoms with van der Waals surface area (Å²) in [5.41, 5.74) is 7.11. The van der Waals surface area contributed by atoms with Crippen molar-refractivity contribution >= 4 is 17.4 Å². The highest BCUT2D eigenvalue weighted by molar-refractivity contribution is 6.08. The van der Waals surface area contributed by atoms with Crippen LogP contribution in [0.4, 0.5) is 5.69 Å². The Bertz CT molecular complexity index is 486. The van der Waals surface area contributed by atoms with Crippen molar-refractivity contribution in [1.29, 1.82) is 0 Å². The zero-order chi connectivity index (χ0) is 15.1. The first-order valence-corrected chi connectivity index (χ1v) is 6.36. The van der Waals surface area contributed by atoms with E-state index in [1.165, 1.54) is 0 Å². The van der Waals surface area contributed by atoms with Gasteiger partial charge in [-0.1, -0.05) is 37.2 Å². The normalized spacial score (nSPS) is 13.3. The first-order valence-electron chi connectivity index (χ1n) is 6.36. The van der Waals surface area contributed by atoms with Crippen LogP contribution in [0.3, 0.4) is 0 Å². The molecule has 1 rings (SSSR count). The van der Waals surface area contributed by atoms with Crippen molar-refractivity contribution in [2.24, 2.45) is 22.7 Å². The summed E-state index contributed by atoms with van der Waals surface area (Å²) in [6.45, 7) is 4.07. The van der Waals surface area contributed by atoms with Crippen LogP contribution in [0.5, 0.6) is 0 Å². The summed E-state index contributed by atoms with van der Waals surface area (Å²) < 4.78 is 5.09. The van der Waals surface area contributed by atoms with E-state index in [0.717, 1.165) is 5.56 Å². The fraction of sp³-hybridized carbons (Fsp3) is 0.429. The lowest BCUT2D eigenvalue weighted by Crippen LogP contribution is -2.38. The number of hydrogen-bond acceptors (Lipinski definition) is 4. The van der Waals surface area contributed by atoms with E-state index in [4.69, 9.17) is 15.7 Å². The lowest BCUT2D eigenvalue weighted by molar-refractivity contribution is -0.119. The lowest BCUT2D eigenvalue weighted by Gasteiger charge is -2.19. The van der Waals surface area contributed by atoms with E-state index >= 15 is 0 Å². The maximum Gasteiger partial charge on any atom is 0.235 e. The number of hydrogen-bond donors (Lipinski definition) is 3. The standard InChI is InChI=1S/C14H21N3O3/c1-9(2)12(13(15)17-19)14(18)16-11-7-5-4-6-10(11)8-20-3/h4-7,9,12,19H,8H2,1-3H3,(H2,15,17)(H,16,18). The Morgan fingerprint density at radius 3 is 2.65 bits per heavy atom. The van der Waals surface area contributed by atoms with E-state index in [-0.39, 0.29) is 17.7 Å². The highest BCUT2D eigenvalue weighted by atomic mass is 16.5. The average Bonchev–Trinajstić information content (AvgIpc) is 2.40. The average molecular weight is 279 g/mol. The van der Waals surface area contributed by atoms with Gasteiger partial charge in [0.1, 0.15) is 5.92 Å². The molecule has 1 aromatic carbocycles. The zero-order valence-electron chi connectivity index (χ0n) is 12.0. The number of nitrogens with one attached hydrogen (secondary N) is 1. The van der Waals surface area contributed by atoms with Crippen molar-refractivity contribution in [3.05, 3.63) is 29.8 Å². The molecule has 0 aliphatic carbocycles. The number of carbonyl (C=O) groups excluding carboxylic acids is 1. The molecule has 4 N–H and O–H groups in total. The third kappa shape index (κ3) is 3.96. The van der Waals surface area contributed by atoms with Gasteiger partial charge in [0.15, 0.2) is 5.84 Å². The quantitative estimate of drug-likeness (QED) is 0.320. The van der Waals surface area contributed by atoms with Crippen molar-refractivity contribution in [2.75, 3.05) is 12.4 Å². The third-order valence-electron chi connectivity index (χ3n) is 2.96. The molecule has 110 valence electrons. The molecule has 6 nitrogen and oxygen atoms in total. The lowest BCUT2D eigenvalue weighted by atomic mass is 9.93. The number of nitrogens with zero attached hydrogens (tertiary/aromatic N) is 1. The highest BCUT2D eigenvalue weighted by Crippen LogP contribution is 2.19. The molecule has 1 aromatic rings. The van der Waals surface area contributed by atoms with Gasteiger partial charge in [0.2, 0.25) is 5.91 Å². The second-order valence-corrected chi connectivity index (χ2v) is 4.83. The molecule has 0 aromatic heterocycles. The summed E-state index contributed by atoms with van der Waals surface area (Å²) in [5.74, 6) is -1.17. The van der Waals surface area contributed by atoms with Crippen LogP contribution in [0.25, 0.3) is 0 Å². The summed E-state index contributed by atoms with van der Waals surface area (Å²) >= 11 is 0. The number of anilines is 1. The molecular weight excluding hydrogens is 258 g/mol. The number of methoxy groups -OCH3 is 1. The third-order valence-corrected chi connectivity index (χ3v) is 2.96. The first kappa shape index (κ1) is 16.0. The van der Waals surface area contributed by atoms with Crippen molar-refractivity contribution in [3.8, 4) is 0 Å². The predicted molar refractivity (Wildman–Crippen MR) is 77.5 cm³/mol. The Morgan fingerprint density at radius 1 is 1.45 bits per heavy atom. The number of nitrogens with two attached hydrogens (primary N) is 1. The van der Waals surface area contributed by atoms with Crippen molar-refractivity contribution < 1.29 is 14.7 Å². The fourth-order valence-electron chi connectivity index (χ4n) is 1.97. The van der Waals surface area contributed by atoms with Crippen LogP contribution in [0.2, 0.25) is 0 Å². The number of amidine groups is 1. The largest absolute Gasteiger partial charge is 0.409 e. The monoisotopic (exact) mass is 279 g/mol. The van der Waals surface area contributed by atoms with Gasteiger partial charge in [0.05, 0.1) is 6.61 Å². The molecule has 20 heavy (non-hydrogen) atoms. The number of carbonyl (C=O) groups is 1. The smallest absolute Gasteiger partial charge is 0.235 e. The Labute approximate surface area is 118 Å². The molecule has 0 fully saturated rings. The van der Waals surface area contributed by atoms with E-state index in [1.807, 2.05) is 32.0 Å². The van der Waals surface area contributed by atoms with Crippen LogP contribution in [-0.4, -0.2) is 24.1 Å². The van der Waals surface area contributed by atoms with Gasteiger partial charge in [-0.25, -0.2) is 0 Å². The van der Waals surface area contributed by atoms with Crippen LogP contribution in [0.1, 0.15) is 19.4 Å². The predicted octanol–water partition coefficient (Wildman–Crippen LogP) is 1.79. The van der Waals surface area contributed by atoms with Gasteiger partial charge in [-0.15, -0.1) is 0 Å². The molecular formula is C14H21N3O3. The zero-order valence-corrected chi connectivity index (χ0v) is 12.0. The van der Waals surface area contributed by atoms with Gasteiger partial charge in [0.25, 0.3) is 0 Å². The summed E-state index contributed by atoms with van der Waals surface area (Å²) in [6, 6.07) is 7.35. The van der Waals surface area contributed by atoms with Crippen LogP contribution in [0, 0.1) is 11.8 Å². The molecule has 0 radical (unpaired) electrons. The second-order valence-electron chi connectivity index (χ2n) is 4.83. The molecule has 0 aliphatic rings. The van der Waals surface area contributed by atoms with Crippen LogP contribution >= 0.6 is 0 Å². The Kier molecular flexibility index (Phi) is 5.99. The van der Waals surface area contributed by atoms with Crippen molar-refractivity contribution in [3.63, 3.8) is 0 Å². The minimum atomic E-state index is -0.685. The van der Waals surface area contributed by atoms with Gasteiger partial charge in [-0.3, -0.25) is 4.79 Å². The minimum Gasteiger partial charge on any atom is -0.409 e. The summed E-state index contributed by atoms with van der Waals surface area (Å²) in [5, 5.41) is 14.5. The van der Waals surface area contributed by atoms with Gasteiger partial charge < -0.3 is 21.0 Å². The molecule has 0 aliphatic heterocycles. The second kappa shape index (κ2) is 7.49. The number of amides is 1. The summed E-state index contributed by atoms with van der Waals surface area (Å²) in [4.78, 5) is 12.3. The topological polar surface area (TPSA) is 96.9 Å². The molecule has 0 saturated carbocycles. The minimum absolute atomic E-state index is 0.0829. The molecule has 0 spiro atoms. The Balaban J connectivity index is 2.94. The number of rotatable bonds is 6. The maximum absolute atomic E-state index is 12.3. The first-order chi connectivity index (χ1) is 9.51. The summed E-state index contributed by atoms with van der Waals surface area (Å²) in [6.07, 6.45) is 0. The fourth-order valence-corrected chi connectivity index (χ4v) is 1.97. The van der Waals surface area contributed by atoms with E-state index in [1.54, 1.807) is 13.2 Å². The molecule has 6 heteroatoms. The molecule has 0 heterocycles. The molecule has 0 saturated heterocycles. The number of oxime groups is 1. The maximum atomic E-state index is 12.3. The van der Waals surface area contributed by atoms with Crippen LogP contribution in [-0.2, 0) is 16.1 Å². The molecule has 1 amide bonds. The van der Waals surface area contributed by atoms with E-state index in [0.29, 0.717) is 12.3 Å². The van der Waals surface area contributed by atoms with Crippen molar-refractivity contribution in [1.82, 2.24) is 0 Å². The number of benzene rings is 1. The SMILES string of the molecule is COCc1ccccc1NC(=O)C(C(N)=NO)C(C)C. The van der Waals surface area contributed by atoms with Gasteiger partial charge >= 0.3 is 0 Å². The van der Waals surface area contributed by atoms with Gasteiger partial charge in [-0.05, 0) is 12.0 Å². The van der Waals surface area contributed by atoms with Gasteiger partial charge in [0, 0.05) is 18.4 Å². The molecule has 0 bridgehead atoms.